The van der Waals surface area contributed by atoms with Crippen molar-refractivity contribution in [3.8, 4) is 5.75 Å². The minimum Gasteiger partial charge on any atom is -0.497 e. The van der Waals surface area contributed by atoms with Crippen LogP contribution in [-0.2, 0) is 22.6 Å². The molecule has 0 atom stereocenters. The highest BCUT2D eigenvalue weighted by Gasteiger charge is 2.34. The van der Waals surface area contributed by atoms with Crippen molar-refractivity contribution < 1.29 is 26.3 Å². The third-order valence-electron chi connectivity index (χ3n) is 3.29. The predicted molar refractivity (Wildman–Crippen MR) is 85.6 cm³/mol. The van der Waals surface area contributed by atoms with Crippen LogP contribution in [-0.4, -0.2) is 21.3 Å². The summed E-state index contributed by atoms with van der Waals surface area (Å²) >= 11 is 0. The van der Waals surface area contributed by atoms with E-state index in [1.165, 1.54) is 19.2 Å². The SMILES string of the molecule is COc1cccc(CCS(=O)(=O)Nc2ccccc2C(F)(F)F)c1. The molecule has 0 heterocycles. The first-order chi connectivity index (χ1) is 11.2. The number of halogens is 3. The second-order valence-corrected chi connectivity index (χ2v) is 6.91. The van der Waals surface area contributed by atoms with Crippen molar-refractivity contribution in [1.82, 2.24) is 0 Å². The second kappa shape index (κ2) is 7.12. The Morgan fingerprint density at radius 2 is 1.79 bits per heavy atom. The van der Waals surface area contributed by atoms with Gasteiger partial charge in [-0.05, 0) is 36.2 Å². The van der Waals surface area contributed by atoms with Gasteiger partial charge in [-0.2, -0.15) is 13.2 Å². The molecule has 8 heteroatoms. The van der Waals surface area contributed by atoms with Crippen molar-refractivity contribution in [2.45, 2.75) is 12.6 Å². The smallest absolute Gasteiger partial charge is 0.418 e. The van der Waals surface area contributed by atoms with Crippen LogP contribution in [0, 0.1) is 0 Å². The number of hydrogen-bond acceptors (Lipinski definition) is 3. The summed E-state index contributed by atoms with van der Waals surface area (Å²) in [4.78, 5) is 0. The number of rotatable bonds is 6. The topological polar surface area (TPSA) is 55.4 Å². The molecule has 0 bridgehead atoms. The van der Waals surface area contributed by atoms with Gasteiger partial charge in [0.15, 0.2) is 0 Å². The Morgan fingerprint density at radius 1 is 1.08 bits per heavy atom. The molecule has 0 spiro atoms. The zero-order valence-corrected chi connectivity index (χ0v) is 13.6. The zero-order chi connectivity index (χ0) is 17.8. The molecule has 130 valence electrons. The Bertz CT molecular complexity index is 804. The lowest BCUT2D eigenvalue weighted by Gasteiger charge is -2.14. The van der Waals surface area contributed by atoms with E-state index in [0.717, 1.165) is 12.1 Å². The first-order valence-electron chi connectivity index (χ1n) is 7.01. The minimum absolute atomic E-state index is 0.153. The molecule has 0 aromatic heterocycles. The first kappa shape index (κ1) is 18.1. The molecule has 0 radical (unpaired) electrons. The third kappa shape index (κ3) is 4.89. The second-order valence-electron chi connectivity index (χ2n) is 5.07. The number of methoxy groups -OCH3 is 1. The van der Waals surface area contributed by atoms with Gasteiger partial charge in [-0.1, -0.05) is 24.3 Å². The van der Waals surface area contributed by atoms with Crippen LogP contribution in [0.3, 0.4) is 0 Å². The molecule has 2 aromatic carbocycles. The van der Waals surface area contributed by atoms with E-state index in [0.29, 0.717) is 11.3 Å². The molecular weight excluding hydrogens is 343 g/mol. The molecule has 0 aliphatic heterocycles. The lowest BCUT2D eigenvalue weighted by Crippen LogP contribution is -2.20. The molecule has 0 fully saturated rings. The van der Waals surface area contributed by atoms with Gasteiger partial charge in [-0.15, -0.1) is 0 Å². The normalized spacial score (nSPS) is 12.0. The molecule has 0 unspecified atom stereocenters. The van der Waals surface area contributed by atoms with E-state index in [1.54, 1.807) is 24.3 Å². The molecule has 2 rings (SSSR count). The highest BCUT2D eigenvalue weighted by molar-refractivity contribution is 7.92. The third-order valence-corrected chi connectivity index (χ3v) is 4.56. The van der Waals surface area contributed by atoms with Crippen molar-refractivity contribution in [2.75, 3.05) is 17.6 Å². The molecule has 1 N–H and O–H groups in total. The molecule has 0 aliphatic carbocycles. The van der Waals surface area contributed by atoms with Crippen LogP contribution in [0.5, 0.6) is 5.75 Å². The van der Waals surface area contributed by atoms with Gasteiger partial charge >= 0.3 is 6.18 Å². The van der Waals surface area contributed by atoms with Crippen LogP contribution in [0.2, 0.25) is 0 Å². The summed E-state index contributed by atoms with van der Waals surface area (Å²) in [5.41, 5.74) is -0.783. The van der Waals surface area contributed by atoms with Gasteiger partial charge < -0.3 is 4.74 Å². The van der Waals surface area contributed by atoms with Crippen LogP contribution < -0.4 is 9.46 Å². The van der Waals surface area contributed by atoms with Crippen LogP contribution >= 0.6 is 0 Å². The van der Waals surface area contributed by atoms with E-state index < -0.39 is 27.5 Å². The molecular formula is C16H16F3NO3S. The van der Waals surface area contributed by atoms with Crippen LogP contribution in [0.1, 0.15) is 11.1 Å². The number of aryl methyl sites for hydroxylation is 1. The summed E-state index contributed by atoms with van der Waals surface area (Å²) in [6, 6.07) is 11.3. The fraction of sp³-hybridized carbons (Fsp3) is 0.250. The lowest BCUT2D eigenvalue weighted by atomic mass is 10.2. The number of alkyl halides is 3. The summed E-state index contributed by atoms with van der Waals surface area (Å²) in [7, 11) is -2.43. The largest absolute Gasteiger partial charge is 0.497 e. The molecule has 0 saturated carbocycles. The molecule has 0 aliphatic rings. The van der Waals surface area contributed by atoms with E-state index in [4.69, 9.17) is 4.74 Å². The van der Waals surface area contributed by atoms with E-state index in [2.05, 4.69) is 0 Å². The number of sulfonamides is 1. The number of hydrogen-bond donors (Lipinski definition) is 1. The van der Waals surface area contributed by atoms with Gasteiger partial charge in [0.25, 0.3) is 0 Å². The summed E-state index contributed by atoms with van der Waals surface area (Å²) in [6.07, 6.45) is -4.48. The average molecular weight is 359 g/mol. The monoisotopic (exact) mass is 359 g/mol. The van der Waals surface area contributed by atoms with Crippen molar-refractivity contribution >= 4 is 15.7 Å². The van der Waals surface area contributed by atoms with Gasteiger partial charge in [-0.25, -0.2) is 8.42 Å². The van der Waals surface area contributed by atoms with Crippen molar-refractivity contribution in [3.05, 3.63) is 59.7 Å². The van der Waals surface area contributed by atoms with Crippen LogP contribution in [0.15, 0.2) is 48.5 Å². The maximum atomic E-state index is 12.9. The summed E-state index contributed by atoms with van der Waals surface area (Å²) in [5.74, 6) is 0.243. The molecule has 4 nitrogen and oxygen atoms in total. The number of nitrogens with one attached hydrogen (secondary N) is 1. The van der Waals surface area contributed by atoms with Crippen molar-refractivity contribution in [1.29, 1.82) is 0 Å². The highest BCUT2D eigenvalue weighted by Crippen LogP contribution is 2.35. The highest BCUT2D eigenvalue weighted by atomic mass is 32.2. The predicted octanol–water partition coefficient (Wildman–Crippen LogP) is 3.70. The number of ether oxygens (including phenoxy) is 1. The van der Waals surface area contributed by atoms with E-state index >= 15 is 0 Å². The Morgan fingerprint density at radius 3 is 2.46 bits per heavy atom. The van der Waals surface area contributed by atoms with E-state index in [-0.39, 0.29) is 12.2 Å². The van der Waals surface area contributed by atoms with Gasteiger partial charge in [0.2, 0.25) is 10.0 Å². The van der Waals surface area contributed by atoms with E-state index in [9.17, 15) is 21.6 Å². The standard InChI is InChI=1S/C16H16F3NO3S/c1-23-13-6-4-5-12(11-13)9-10-24(21,22)20-15-8-3-2-7-14(15)16(17,18)19/h2-8,11,20H,9-10H2,1H3. The maximum absolute atomic E-state index is 12.9. The van der Waals surface area contributed by atoms with Gasteiger partial charge in [0, 0.05) is 0 Å². The Kier molecular flexibility index (Phi) is 5.38. The zero-order valence-electron chi connectivity index (χ0n) is 12.8. The molecule has 2 aromatic rings. The number of anilines is 1. The van der Waals surface area contributed by atoms with Gasteiger partial charge in [-0.3, -0.25) is 4.72 Å². The lowest BCUT2D eigenvalue weighted by molar-refractivity contribution is -0.136. The Balaban J connectivity index is 2.12. The Labute approximate surface area is 138 Å². The van der Waals surface area contributed by atoms with Crippen LogP contribution in [0.25, 0.3) is 0 Å². The molecule has 0 amide bonds. The molecule has 24 heavy (non-hydrogen) atoms. The van der Waals surface area contributed by atoms with E-state index in [1.807, 2.05) is 4.72 Å². The number of para-hydroxylation sites is 1. The van der Waals surface area contributed by atoms with Crippen LogP contribution in [0.4, 0.5) is 18.9 Å². The summed E-state index contributed by atoms with van der Waals surface area (Å²) in [6.45, 7) is 0. The Hall–Kier alpha value is -2.22. The van der Waals surface area contributed by atoms with Crippen molar-refractivity contribution in [3.63, 3.8) is 0 Å². The fourth-order valence-corrected chi connectivity index (χ4v) is 3.24. The summed E-state index contributed by atoms with van der Waals surface area (Å²) < 4.78 is 70.0. The van der Waals surface area contributed by atoms with Gasteiger partial charge in [0.1, 0.15) is 5.75 Å². The first-order valence-corrected chi connectivity index (χ1v) is 8.66. The number of benzene rings is 2. The van der Waals surface area contributed by atoms with Crippen molar-refractivity contribution in [2.24, 2.45) is 0 Å². The molecule has 0 saturated heterocycles. The summed E-state index contributed by atoms with van der Waals surface area (Å²) in [5, 5.41) is 0. The quantitative estimate of drug-likeness (QED) is 0.856. The fourth-order valence-electron chi connectivity index (χ4n) is 2.12. The minimum atomic E-state index is -4.63. The average Bonchev–Trinajstić information content (AvgIpc) is 2.52. The van der Waals surface area contributed by atoms with Gasteiger partial charge in [0.05, 0.1) is 24.1 Å². The maximum Gasteiger partial charge on any atom is 0.418 e.